The summed E-state index contributed by atoms with van der Waals surface area (Å²) in [6.07, 6.45) is 11.5. The first-order chi connectivity index (χ1) is 25.2. The summed E-state index contributed by atoms with van der Waals surface area (Å²) in [5.41, 5.74) is 9.17. The van der Waals surface area contributed by atoms with E-state index < -0.39 is 41.7 Å². The van der Waals surface area contributed by atoms with Crippen LogP contribution < -0.4 is 15.8 Å². The van der Waals surface area contributed by atoms with Gasteiger partial charge in [0.25, 0.3) is 0 Å². The summed E-state index contributed by atoms with van der Waals surface area (Å²) < 4.78 is 17.2. The topological polar surface area (TPSA) is 163 Å². The van der Waals surface area contributed by atoms with E-state index in [1.54, 1.807) is 32.1 Å². The van der Waals surface area contributed by atoms with Gasteiger partial charge in [0.1, 0.15) is 34.5 Å². The number of esters is 1. The highest BCUT2D eigenvalue weighted by atomic mass is 32.1. The summed E-state index contributed by atoms with van der Waals surface area (Å²) in [6, 6.07) is 0.318. The number of aromatic nitrogens is 2. The number of likely N-dealkylation sites (tertiary alicyclic amines) is 1. The fourth-order valence-corrected chi connectivity index (χ4v) is 7.99. The van der Waals surface area contributed by atoms with E-state index in [0.717, 1.165) is 73.3 Å². The minimum Gasteiger partial charge on any atom is -0.472 e. The number of aryl methyl sites for hydroxylation is 1. The van der Waals surface area contributed by atoms with Crippen molar-refractivity contribution < 1.29 is 33.4 Å². The molecule has 3 amide bonds. The lowest BCUT2D eigenvalue weighted by molar-refractivity contribution is -0.144. The number of nitrogens with zero attached hydrogens (tertiary/aromatic N) is 3. The van der Waals surface area contributed by atoms with Crippen LogP contribution in [0.3, 0.4) is 0 Å². The third-order valence-electron chi connectivity index (χ3n) is 9.95. The van der Waals surface area contributed by atoms with Crippen LogP contribution in [0.25, 0.3) is 10.7 Å². The van der Waals surface area contributed by atoms with Crippen LogP contribution in [-0.4, -0.2) is 75.7 Å². The number of carbonyl (C=O) groups excluding carboxylic acids is 4. The number of thiazole rings is 1. The number of nitrogens with one attached hydrogen (secondary N) is 1. The Kier molecular flexibility index (Phi) is 13.6. The smallest absolute Gasteiger partial charge is 0.408 e. The van der Waals surface area contributed by atoms with Crippen molar-refractivity contribution in [2.45, 2.75) is 142 Å². The zero-order valence-corrected chi connectivity index (χ0v) is 33.0. The van der Waals surface area contributed by atoms with Gasteiger partial charge in [-0.3, -0.25) is 14.4 Å². The lowest BCUT2D eigenvalue weighted by Gasteiger charge is -2.28. The number of alkyl carbamates (subject to hydrolysis) is 1. The second-order valence-corrected chi connectivity index (χ2v) is 16.7. The number of hydrogen-bond acceptors (Lipinski definition) is 10. The maximum Gasteiger partial charge on any atom is 0.408 e. The van der Waals surface area contributed by atoms with E-state index in [0.29, 0.717) is 31.2 Å². The van der Waals surface area contributed by atoms with Crippen LogP contribution in [0.2, 0.25) is 0 Å². The Balaban J connectivity index is 1.25. The standard InChI is InChI=1S/C40H57N5O7S/c1-7-50-38(48)29-19-25(29)15-11-9-8-10-12-18-30(44-39(49)52-40(4,5)6)37(47)45-22-27(21-33(45)34(41)46)51-35-28-17-14-13-16-26(28)20-31(42-35)36-43-32(23-53-36)24(2)3/h11,15,20,23-25,27,29-30,33H,7-10,12-14,16-19,21-22H2,1-6H3,(H2,41,46)(H,44,49)/b15-11-/t25-,27-,29+,30+,33+/m1/s1. The molecule has 2 aromatic heterocycles. The number of nitrogens with two attached hydrogens (primary N) is 1. The van der Waals surface area contributed by atoms with Crippen molar-refractivity contribution in [3.8, 4) is 16.6 Å². The Hall–Kier alpha value is -4.00. The Morgan fingerprint density at radius 1 is 1.09 bits per heavy atom. The molecule has 0 radical (unpaired) electrons. The number of amides is 3. The van der Waals surface area contributed by atoms with Gasteiger partial charge in [0.15, 0.2) is 0 Å². The van der Waals surface area contributed by atoms with Gasteiger partial charge in [-0.25, -0.2) is 14.8 Å². The van der Waals surface area contributed by atoms with Crippen LogP contribution in [0, 0.1) is 11.8 Å². The molecule has 0 aromatic carbocycles. The average Bonchev–Trinajstić information content (AvgIpc) is 3.47. The van der Waals surface area contributed by atoms with Crippen molar-refractivity contribution in [3.05, 3.63) is 40.4 Å². The van der Waals surface area contributed by atoms with Crippen molar-refractivity contribution in [1.29, 1.82) is 0 Å². The van der Waals surface area contributed by atoms with Crippen molar-refractivity contribution in [2.24, 2.45) is 17.6 Å². The van der Waals surface area contributed by atoms with E-state index in [4.69, 9.17) is 29.9 Å². The van der Waals surface area contributed by atoms with Crippen LogP contribution in [0.5, 0.6) is 5.88 Å². The molecule has 1 aliphatic heterocycles. The molecule has 5 atom stereocenters. The van der Waals surface area contributed by atoms with Crippen LogP contribution in [-0.2, 0) is 36.7 Å². The van der Waals surface area contributed by atoms with E-state index in [1.807, 2.05) is 6.92 Å². The largest absolute Gasteiger partial charge is 0.472 e. The van der Waals surface area contributed by atoms with E-state index in [2.05, 4.69) is 42.8 Å². The number of allylic oxidation sites excluding steroid dienone is 2. The van der Waals surface area contributed by atoms with Gasteiger partial charge in [0.05, 0.1) is 24.8 Å². The molecule has 290 valence electrons. The first kappa shape index (κ1) is 40.2. The van der Waals surface area contributed by atoms with Crippen molar-refractivity contribution in [1.82, 2.24) is 20.2 Å². The minimum atomic E-state index is -0.910. The predicted molar refractivity (Wildman–Crippen MR) is 203 cm³/mol. The van der Waals surface area contributed by atoms with E-state index >= 15 is 0 Å². The lowest BCUT2D eigenvalue weighted by atomic mass is 9.92. The molecule has 0 spiro atoms. The Morgan fingerprint density at radius 3 is 2.57 bits per heavy atom. The molecule has 5 rings (SSSR count). The van der Waals surface area contributed by atoms with Gasteiger partial charge in [-0.2, -0.15) is 0 Å². The minimum absolute atomic E-state index is 0.0230. The zero-order chi connectivity index (χ0) is 38.3. The monoisotopic (exact) mass is 751 g/mol. The Bertz CT molecular complexity index is 1650. The van der Waals surface area contributed by atoms with Crippen molar-refractivity contribution in [2.75, 3.05) is 13.2 Å². The Morgan fingerprint density at radius 2 is 1.87 bits per heavy atom. The van der Waals surface area contributed by atoms with Crippen LogP contribution >= 0.6 is 11.3 Å². The molecule has 2 fully saturated rings. The molecule has 12 nitrogen and oxygen atoms in total. The number of fused-ring (bicyclic) bond motifs is 1. The second kappa shape index (κ2) is 17.9. The maximum atomic E-state index is 14.2. The highest BCUT2D eigenvalue weighted by molar-refractivity contribution is 7.13. The summed E-state index contributed by atoms with van der Waals surface area (Å²) in [5, 5.41) is 5.68. The molecule has 13 heteroatoms. The quantitative estimate of drug-likeness (QED) is 0.109. The van der Waals surface area contributed by atoms with E-state index in [1.165, 1.54) is 10.5 Å². The summed E-state index contributed by atoms with van der Waals surface area (Å²) in [4.78, 5) is 63.0. The molecule has 53 heavy (non-hydrogen) atoms. The number of rotatable bonds is 16. The second-order valence-electron chi connectivity index (χ2n) is 15.8. The van der Waals surface area contributed by atoms with Gasteiger partial charge in [-0.15, -0.1) is 11.3 Å². The molecule has 3 aliphatic rings. The molecule has 3 heterocycles. The van der Waals surface area contributed by atoms with Crippen LogP contribution in [0.15, 0.2) is 23.6 Å². The highest BCUT2D eigenvalue weighted by Crippen LogP contribution is 2.41. The highest BCUT2D eigenvalue weighted by Gasteiger charge is 2.43. The Labute approximate surface area is 317 Å². The van der Waals surface area contributed by atoms with Crippen LogP contribution in [0.4, 0.5) is 4.79 Å². The number of pyridine rings is 1. The summed E-state index contributed by atoms with van der Waals surface area (Å²) in [6.45, 7) is 11.9. The summed E-state index contributed by atoms with van der Waals surface area (Å²) in [5.74, 6) is -0.0831. The fraction of sp³-hybridized carbons (Fsp3) is 0.650. The fourth-order valence-electron chi connectivity index (χ4n) is 7.05. The first-order valence-electron chi connectivity index (χ1n) is 19.3. The first-order valence-corrected chi connectivity index (χ1v) is 20.2. The van der Waals surface area contributed by atoms with Crippen molar-refractivity contribution >= 4 is 35.2 Å². The molecular formula is C40H57N5O7S. The van der Waals surface area contributed by atoms with Crippen LogP contribution in [0.1, 0.15) is 122 Å². The summed E-state index contributed by atoms with van der Waals surface area (Å²) in [7, 11) is 0. The third kappa shape index (κ3) is 11.0. The molecule has 0 unspecified atom stereocenters. The SMILES string of the molecule is CCOC(=O)[C@H]1C[C@H]1/C=C\CCCCC[C@H](NC(=O)OC(C)(C)C)C(=O)N1C[C@H](Oc2nc(-c3nc(C(C)C)cs3)cc3c2CCCC3)C[C@H]1C(N)=O. The zero-order valence-electron chi connectivity index (χ0n) is 32.2. The lowest BCUT2D eigenvalue weighted by Crippen LogP contribution is -2.53. The predicted octanol–water partition coefficient (Wildman–Crippen LogP) is 6.64. The van der Waals surface area contributed by atoms with Gasteiger partial charge in [0, 0.05) is 17.4 Å². The molecular weight excluding hydrogens is 695 g/mol. The summed E-state index contributed by atoms with van der Waals surface area (Å²) >= 11 is 1.56. The van der Waals surface area contributed by atoms with Gasteiger partial charge < -0.3 is 30.2 Å². The maximum absolute atomic E-state index is 14.2. The number of primary amides is 1. The molecule has 3 N–H and O–H groups in total. The molecule has 1 saturated carbocycles. The van der Waals surface area contributed by atoms with E-state index in [9.17, 15) is 19.2 Å². The average molecular weight is 752 g/mol. The molecule has 0 bridgehead atoms. The number of ether oxygens (including phenoxy) is 3. The molecule has 2 aromatic rings. The normalized spacial score (nSPS) is 21.7. The van der Waals surface area contributed by atoms with Gasteiger partial charge in [0.2, 0.25) is 17.7 Å². The number of unbranched alkanes of at least 4 members (excludes halogenated alkanes) is 3. The van der Waals surface area contributed by atoms with E-state index in [-0.39, 0.29) is 30.8 Å². The van der Waals surface area contributed by atoms with Crippen molar-refractivity contribution in [3.63, 3.8) is 0 Å². The van der Waals surface area contributed by atoms with Gasteiger partial charge in [-0.05, 0) is 103 Å². The van der Waals surface area contributed by atoms with Gasteiger partial charge >= 0.3 is 12.1 Å². The molecule has 1 saturated heterocycles. The third-order valence-corrected chi connectivity index (χ3v) is 10.8. The molecule has 2 aliphatic carbocycles. The van der Waals surface area contributed by atoms with Gasteiger partial charge in [-0.1, -0.05) is 38.8 Å². The number of hydrogen-bond donors (Lipinski definition) is 2. The number of carbonyl (C=O) groups is 4.